The van der Waals surface area contributed by atoms with Crippen LogP contribution in [-0.4, -0.2) is 89.2 Å². The van der Waals surface area contributed by atoms with E-state index in [4.69, 9.17) is 24.1 Å². The molecule has 43 heavy (non-hydrogen) atoms. The van der Waals surface area contributed by atoms with Crippen molar-refractivity contribution in [3.63, 3.8) is 0 Å². The second-order valence-electron chi connectivity index (χ2n) is 15.6. The quantitative estimate of drug-likeness (QED) is 0.286. The van der Waals surface area contributed by atoms with Crippen molar-refractivity contribution in [3.8, 4) is 11.5 Å². The van der Waals surface area contributed by atoms with E-state index in [9.17, 15) is 15.0 Å². The number of benzene rings is 1. The van der Waals surface area contributed by atoms with Crippen LogP contribution in [0.25, 0.3) is 0 Å². The van der Waals surface area contributed by atoms with Crippen molar-refractivity contribution in [2.45, 2.75) is 114 Å². The van der Waals surface area contributed by atoms with E-state index in [1.165, 1.54) is 24.0 Å². The first kappa shape index (κ1) is 29.8. The number of aliphatic hydroxyl groups is 3. The molecule has 238 valence electrons. The second kappa shape index (κ2) is 9.79. The first-order valence-corrected chi connectivity index (χ1v) is 16.3. The van der Waals surface area contributed by atoms with Crippen molar-refractivity contribution in [3.05, 3.63) is 23.3 Å². The molecule has 8 rings (SSSR count). The molecule has 4 saturated carbocycles. The van der Waals surface area contributed by atoms with Gasteiger partial charge in [-0.1, -0.05) is 26.8 Å². The van der Waals surface area contributed by atoms with Crippen molar-refractivity contribution in [1.82, 2.24) is 4.90 Å². The Morgan fingerprint density at radius 3 is 2.63 bits per heavy atom. The van der Waals surface area contributed by atoms with Crippen LogP contribution in [0.1, 0.15) is 83.8 Å². The molecule has 2 spiro atoms. The first-order chi connectivity index (χ1) is 20.3. The minimum absolute atomic E-state index is 0.0633. The predicted molar refractivity (Wildman–Crippen MR) is 158 cm³/mol. The monoisotopic (exact) mass is 599 g/mol. The van der Waals surface area contributed by atoms with Gasteiger partial charge < -0.3 is 34.3 Å². The molecule has 5 aliphatic carbocycles. The van der Waals surface area contributed by atoms with Crippen LogP contribution in [0.15, 0.2) is 12.1 Å². The van der Waals surface area contributed by atoms with Gasteiger partial charge in [-0.2, -0.15) is 0 Å². The van der Waals surface area contributed by atoms with Gasteiger partial charge in [-0.3, -0.25) is 4.90 Å². The highest BCUT2D eigenvalue weighted by Gasteiger charge is 2.82. The van der Waals surface area contributed by atoms with E-state index in [1.54, 1.807) is 7.11 Å². The summed E-state index contributed by atoms with van der Waals surface area (Å²) < 4.78 is 24.8. The molecule has 0 aromatic heterocycles. The van der Waals surface area contributed by atoms with E-state index < -0.39 is 30.1 Å². The third kappa shape index (κ3) is 3.97. The van der Waals surface area contributed by atoms with Crippen molar-refractivity contribution < 1.29 is 39.1 Å². The number of rotatable bonds is 9. The molecule has 3 N–H and O–H groups in total. The van der Waals surface area contributed by atoms with Gasteiger partial charge in [-0.25, -0.2) is 4.79 Å². The number of piperidine rings is 1. The van der Waals surface area contributed by atoms with E-state index in [1.807, 2.05) is 13.0 Å². The molecule has 2 heterocycles. The lowest BCUT2D eigenvalue weighted by Gasteiger charge is -2.75. The van der Waals surface area contributed by atoms with Gasteiger partial charge in [0.1, 0.15) is 11.7 Å². The number of ether oxygens (including phenoxy) is 4. The Labute approximate surface area is 254 Å². The SMILES string of the molecule is CO[C@@]12CC[C@@]3(C[C@@H]1[C@@](C)(O)C(C)(C)C)[C@H]1Cc4ccc(OC(=O)OCCC(O)CO)c5c4[C@@]3(CCN1CC1CC1)[C@H]2O5. The molecular formula is C34H49NO8. The van der Waals surface area contributed by atoms with Gasteiger partial charge in [0.2, 0.25) is 0 Å². The summed E-state index contributed by atoms with van der Waals surface area (Å²) >= 11 is 0. The average molecular weight is 600 g/mol. The van der Waals surface area contributed by atoms with Crippen LogP contribution in [0.4, 0.5) is 4.79 Å². The molecule has 1 aromatic carbocycles. The third-order valence-corrected chi connectivity index (χ3v) is 12.9. The van der Waals surface area contributed by atoms with Crippen molar-refractivity contribution in [2.24, 2.45) is 22.7 Å². The fourth-order valence-corrected chi connectivity index (χ4v) is 10.1. The predicted octanol–water partition coefficient (Wildman–Crippen LogP) is 3.97. The summed E-state index contributed by atoms with van der Waals surface area (Å²) in [5.74, 6) is 1.61. The molecule has 8 atom stereocenters. The van der Waals surface area contributed by atoms with Crippen LogP contribution in [0.3, 0.4) is 0 Å². The number of carbonyl (C=O) groups is 1. The first-order valence-electron chi connectivity index (χ1n) is 16.3. The van der Waals surface area contributed by atoms with E-state index in [-0.39, 0.29) is 41.3 Å². The molecule has 7 aliphatic rings. The van der Waals surface area contributed by atoms with E-state index in [0.717, 1.165) is 51.1 Å². The molecule has 0 amide bonds. The maximum absolute atomic E-state index is 12.8. The topological polar surface area (TPSA) is 118 Å². The summed E-state index contributed by atoms with van der Waals surface area (Å²) in [6, 6.07) is 4.29. The van der Waals surface area contributed by atoms with Crippen LogP contribution in [-0.2, 0) is 21.3 Å². The Bertz CT molecular complexity index is 1290. The van der Waals surface area contributed by atoms with Crippen LogP contribution < -0.4 is 9.47 Å². The fraction of sp³-hybridized carbons (Fsp3) is 0.794. The summed E-state index contributed by atoms with van der Waals surface area (Å²) in [5, 5.41) is 31.1. The maximum atomic E-state index is 12.8. The third-order valence-electron chi connectivity index (χ3n) is 12.9. The Kier molecular flexibility index (Phi) is 6.78. The largest absolute Gasteiger partial charge is 0.513 e. The lowest BCUT2D eigenvalue weighted by molar-refractivity contribution is -0.312. The highest BCUT2D eigenvalue weighted by molar-refractivity contribution is 5.70. The van der Waals surface area contributed by atoms with Crippen LogP contribution in [0.5, 0.6) is 11.5 Å². The number of hydrogen-bond donors (Lipinski definition) is 3. The number of hydrogen-bond acceptors (Lipinski definition) is 9. The Balaban J connectivity index is 1.33. The molecular weight excluding hydrogens is 550 g/mol. The molecule has 1 aromatic rings. The van der Waals surface area contributed by atoms with Crippen molar-refractivity contribution in [2.75, 3.05) is 33.4 Å². The number of aliphatic hydroxyl groups excluding tert-OH is 2. The molecule has 2 aliphatic heterocycles. The Hall–Kier alpha value is -1.91. The highest BCUT2D eigenvalue weighted by atomic mass is 16.7. The zero-order valence-corrected chi connectivity index (χ0v) is 26.4. The number of carbonyl (C=O) groups excluding carboxylic acids is 1. The molecule has 9 nitrogen and oxygen atoms in total. The van der Waals surface area contributed by atoms with Gasteiger partial charge >= 0.3 is 6.16 Å². The summed E-state index contributed by atoms with van der Waals surface area (Å²) in [4.78, 5) is 15.5. The van der Waals surface area contributed by atoms with Gasteiger partial charge in [-0.15, -0.1) is 0 Å². The summed E-state index contributed by atoms with van der Waals surface area (Å²) in [6.07, 6.45) is 5.20. The molecule has 0 radical (unpaired) electrons. The Morgan fingerprint density at radius 2 is 1.95 bits per heavy atom. The van der Waals surface area contributed by atoms with E-state index >= 15 is 0 Å². The van der Waals surface area contributed by atoms with Crippen LogP contribution in [0.2, 0.25) is 0 Å². The maximum Gasteiger partial charge on any atom is 0.513 e. The smallest absolute Gasteiger partial charge is 0.482 e. The molecule has 5 fully saturated rings. The number of fused-ring (bicyclic) bond motifs is 2. The van der Waals surface area contributed by atoms with Gasteiger partial charge in [0.05, 0.1) is 24.9 Å². The van der Waals surface area contributed by atoms with E-state index in [0.29, 0.717) is 17.5 Å². The van der Waals surface area contributed by atoms with Gasteiger partial charge in [0.15, 0.2) is 11.5 Å². The zero-order chi connectivity index (χ0) is 30.6. The van der Waals surface area contributed by atoms with Crippen LogP contribution >= 0.6 is 0 Å². The summed E-state index contributed by atoms with van der Waals surface area (Å²) in [6.45, 7) is 10.0. The highest BCUT2D eigenvalue weighted by Crippen LogP contribution is 2.78. The fourth-order valence-electron chi connectivity index (χ4n) is 10.1. The lowest BCUT2D eigenvalue weighted by atomic mass is 9.33. The van der Waals surface area contributed by atoms with Gasteiger partial charge in [0, 0.05) is 48.4 Å². The summed E-state index contributed by atoms with van der Waals surface area (Å²) in [7, 11) is 1.78. The zero-order valence-electron chi connectivity index (χ0n) is 26.4. The van der Waals surface area contributed by atoms with Crippen molar-refractivity contribution >= 4 is 6.16 Å². The molecule has 4 bridgehead atoms. The minimum atomic E-state index is -1.01. The molecule has 1 unspecified atom stereocenters. The molecule has 9 heteroatoms. The van der Waals surface area contributed by atoms with E-state index in [2.05, 4.69) is 31.7 Å². The Morgan fingerprint density at radius 1 is 1.19 bits per heavy atom. The minimum Gasteiger partial charge on any atom is -0.482 e. The number of nitrogens with zero attached hydrogens (tertiary/aromatic N) is 1. The normalized spacial score (nSPS) is 37.7. The number of likely N-dealkylation sites (tertiary alicyclic amines) is 1. The second-order valence-corrected chi connectivity index (χ2v) is 15.6. The van der Waals surface area contributed by atoms with Crippen LogP contribution in [0, 0.1) is 22.7 Å². The lowest BCUT2D eigenvalue weighted by Crippen LogP contribution is -2.83. The molecule has 1 saturated heterocycles. The summed E-state index contributed by atoms with van der Waals surface area (Å²) in [5.41, 5.74) is -0.0344. The van der Waals surface area contributed by atoms with Crippen molar-refractivity contribution in [1.29, 1.82) is 0 Å². The standard InChI is InChI=1S/C34H49NO8/c1-30(2,3)31(4,39)24-17-32-11-12-34(24,40-5)28-33(32)13-14-35(18-20-6-7-20)25(32)16-21-8-9-23(27(43-28)26(21)33)42-29(38)41-15-10-22(37)19-36/h8-9,20,22,24-25,28,36-37,39H,6-7,10-19H2,1-5H3/t22?,24-,25-,28-,31-,32-,33+,34+/m1/s1. The van der Waals surface area contributed by atoms with Gasteiger partial charge in [0.25, 0.3) is 0 Å². The average Bonchev–Trinajstić information content (AvgIpc) is 3.71. The van der Waals surface area contributed by atoms with Gasteiger partial charge in [-0.05, 0) is 81.4 Å². The number of methoxy groups -OCH3 is 1.